The van der Waals surface area contributed by atoms with Crippen molar-refractivity contribution in [2.75, 3.05) is 4.72 Å². The van der Waals surface area contributed by atoms with Gasteiger partial charge in [0.2, 0.25) is 0 Å². The van der Waals surface area contributed by atoms with Crippen molar-refractivity contribution >= 4 is 28.5 Å². The molecule has 3 rings (SSSR count). The standard InChI is InChI=1S/C15H13N3S/c1-11-14(8-4-9-16-11)19-18-13-7-2-5-12-6-3-10-17-15(12)13/h2-10,18H,1H3. The van der Waals surface area contributed by atoms with Crippen LogP contribution in [0.25, 0.3) is 10.9 Å². The first kappa shape index (κ1) is 12.0. The van der Waals surface area contributed by atoms with E-state index < -0.39 is 0 Å². The lowest BCUT2D eigenvalue weighted by atomic mass is 10.2. The second-order valence-electron chi connectivity index (χ2n) is 4.17. The number of nitrogens with one attached hydrogen (secondary N) is 1. The molecule has 1 N–H and O–H groups in total. The van der Waals surface area contributed by atoms with Crippen molar-refractivity contribution in [2.24, 2.45) is 0 Å². The Morgan fingerprint density at radius 3 is 2.63 bits per heavy atom. The minimum absolute atomic E-state index is 0.985. The summed E-state index contributed by atoms with van der Waals surface area (Å²) < 4.78 is 3.36. The van der Waals surface area contributed by atoms with Crippen molar-refractivity contribution in [2.45, 2.75) is 11.8 Å². The molecule has 0 saturated heterocycles. The van der Waals surface area contributed by atoms with E-state index in [1.807, 2.05) is 37.4 Å². The summed E-state index contributed by atoms with van der Waals surface area (Å²) in [5, 5.41) is 1.14. The van der Waals surface area contributed by atoms with Crippen LogP contribution in [0.4, 0.5) is 5.69 Å². The molecule has 2 heterocycles. The van der Waals surface area contributed by atoms with Crippen molar-refractivity contribution in [3.8, 4) is 0 Å². The van der Waals surface area contributed by atoms with E-state index in [0.29, 0.717) is 0 Å². The fourth-order valence-corrected chi connectivity index (χ4v) is 2.61. The smallest absolute Gasteiger partial charge is 0.0941 e. The van der Waals surface area contributed by atoms with Gasteiger partial charge in [-0.25, -0.2) is 0 Å². The number of benzene rings is 1. The molecule has 2 aromatic heterocycles. The van der Waals surface area contributed by atoms with E-state index >= 15 is 0 Å². The van der Waals surface area contributed by atoms with Crippen LogP contribution in [0.15, 0.2) is 59.8 Å². The van der Waals surface area contributed by atoms with Gasteiger partial charge in [-0.15, -0.1) is 0 Å². The number of hydrogen-bond donors (Lipinski definition) is 1. The van der Waals surface area contributed by atoms with E-state index in [0.717, 1.165) is 27.2 Å². The predicted molar refractivity (Wildman–Crippen MR) is 80.2 cm³/mol. The largest absolute Gasteiger partial charge is 0.324 e. The van der Waals surface area contributed by atoms with E-state index in [-0.39, 0.29) is 0 Å². The first-order valence-electron chi connectivity index (χ1n) is 6.03. The number of nitrogens with zero attached hydrogens (tertiary/aromatic N) is 2. The summed E-state index contributed by atoms with van der Waals surface area (Å²) in [6, 6.07) is 14.1. The fourth-order valence-electron chi connectivity index (χ4n) is 1.87. The summed E-state index contributed by atoms with van der Waals surface area (Å²) in [5.41, 5.74) is 3.03. The second-order valence-corrected chi connectivity index (χ2v) is 5.02. The zero-order valence-corrected chi connectivity index (χ0v) is 11.3. The zero-order valence-electron chi connectivity index (χ0n) is 10.5. The molecule has 19 heavy (non-hydrogen) atoms. The van der Waals surface area contributed by atoms with E-state index in [1.54, 1.807) is 18.1 Å². The average Bonchev–Trinajstić information content (AvgIpc) is 2.46. The molecule has 1 aromatic carbocycles. The lowest BCUT2D eigenvalue weighted by molar-refractivity contribution is 1.12. The average molecular weight is 267 g/mol. The maximum atomic E-state index is 4.42. The molecule has 0 aliphatic heterocycles. The fraction of sp³-hybridized carbons (Fsp3) is 0.0667. The number of rotatable bonds is 3. The van der Waals surface area contributed by atoms with Gasteiger partial charge in [0.1, 0.15) is 0 Å². The first-order chi connectivity index (χ1) is 9.34. The molecule has 0 bridgehead atoms. The maximum Gasteiger partial charge on any atom is 0.0941 e. The Morgan fingerprint density at radius 2 is 1.74 bits per heavy atom. The van der Waals surface area contributed by atoms with Crippen molar-refractivity contribution in [1.29, 1.82) is 0 Å². The van der Waals surface area contributed by atoms with Gasteiger partial charge in [-0.1, -0.05) is 18.2 Å². The molecule has 0 atom stereocenters. The van der Waals surface area contributed by atoms with Gasteiger partial charge in [0.25, 0.3) is 0 Å². The van der Waals surface area contributed by atoms with Gasteiger partial charge < -0.3 is 4.72 Å². The highest BCUT2D eigenvalue weighted by molar-refractivity contribution is 8.00. The van der Waals surface area contributed by atoms with Crippen LogP contribution in [-0.4, -0.2) is 9.97 Å². The van der Waals surface area contributed by atoms with Crippen molar-refractivity contribution < 1.29 is 0 Å². The molecule has 4 heteroatoms. The van der Waals surface area contributed by atoms with Crippen LogP contribution in [0.3, 0.4) is 0 Å². The van der Waals surface area contributed by atoms with Gasteiger partial charge in [0.15, 0.2) is 0 Å². The van der Waals surface area contributed by atoms with E-state index in [2.05, 4.69) is 32.9 Å². The number of pyridine rings is 2. The molecule has 0 aliphatic rings. The number of anilines is 1. The second kappa shape index (κ2) is 5.28. The third-order valence-electron chi connectivity index (χ3n) is 2.86. The van der Waals surface area contributed by atoms with Crippen LogP contribution >= 0.6 is 11.9 Å². The number of hydrogen-bond acceptors (Lipinski definition) is 4. The third kappa shape index (κ3) is 2.53. The van der Waals surface area contributed by atoms with Crippen LogP contribution in [0.2, 0.25) is 0 Å². The molecule has 3 aromatic rings. The summed E-state index contributed by atoms with van der Waals surface area (Å²) >= 11 is 1.56. The summed E-state index contributed by atoms with van der Waals surface area (Å²) in [5.74, 6) is 0. The summed E-state index contributed by atoms with van der Waals surface area (Å²) in [4.78, 5) is 9.82. The van der Waals surface area contributed by atoms with Gasteiger partial charge in [0.05, 0.1) is 16.9 Å². The Morgan fingerprint density at radius 1 is 0.947 bits per heavy atom. The Labute approximate surface area is 116 Å². The number of aryl methyl sites for hydroxylation is 1. The third-order valence-corrected chi connectivity index (χ3v) is 3.84. The number of fused-ring (bicyclic) bond motifs is 1. The zero-order chi connectivity index (χ0) is 13.1. The number of para-hydroxylation sites is 1. The quantitative estimate of drug-likeness (QED) is 0.726. The molecule has 3 nitrogen and oxygen atoms in total. The van der Waals surface area contributed by atoms with Crippen molar-refractivity contribution in [1.82, 2.24) is 9.97 Å². The molecule has 0 amide bonds. The monoisotopic (exact) mass is 267 g/mol. The lowest BCUT2D eigenvalue weighted by Crippen LogP contribution is -1.92. The molecule has 0 saturated carbocycles. The van der Waals surface area contributed by atoms with Crippen LogP contribution in [0.1, 0.15) is 5.69 Å². The molecule has 0 radical (unpaired) electrons. The van der Waals surface area contributed by atoms with Gasteiger partial charge in [-0.05, 0) is 43.1 Å². The highest BCUT2D eigenvalue weighted by atomic mass is 32.2. The minimum atomic E-state index is 0.985. The summed E-state index contributed by atoms with van der Waals surface area (Å²) in [7, 11) is 0. The summed E-state index contributed by atoms with van der Waals surface area (Å²) in [6.07, 6.45) is 3.62. The lowest BCUT2D eigenvalue weighted by Gasteiger charge is -2.09. The molecular weight excluding hydrogens is 254 g/mol. The van der Waals surface area contributed by atoms with Crippen LogP contribution < -0.4 is 4.72 Å². The molecule has 0 spiro atoms. The minimum Gasteiger partial charge on any atom is -0.324 e. The topological polar surface area (TPSA) is 37.8 Å². The highest BCUT2D eigenvalue weighted by Crippen LogP contribution is 2.27. The Hall–Kier alpha value is -2.07. The van der Waals surface area contributed by atoms with Crippen LogP contribution in [0.5, 0.6) is 0 Å². The normalized spacial score (nSPS) is 10.6. The van der Waals surface area contributed by atoms with Gasteiger partial charge in [-0.2, -0.15) is 0 Å². The van der Waals surface area contributed by atoms with Crippen molar-refractivity contribution in [3.05, 3.63) is 60.6 Å². The molecule has 0 aliphatic carbocycles. The Kier molecular flexibility index (Phi) is 3.33. The van der Waals surface area contributed by atoms with E-state index in [9.17, 15) is 0 Å². The molecule has 0 fully saturated rings. The maximum absolute atomic E-state index is 4.42. The SMILES string of the molecule is Cc1ncccc1SNc1cccc2cccnc12. The van der Waals surface area contributed by atoms with Crippen LogP contribution in [0, 0.1) is 6.92 Å². The first-order valence-corrected chi connectivity index (χ1v) is 6.84. The van der Waals surface area contributed by atoms with E-state index in [4.69, 9.17) is 0 Å². The van der Waals surface area contributed by atoms with Gasteiger partial charge in [-0.3, -0.25) is 9.97 Å². The van der Waals surface area contributed by atoms with E-state index in [1.165, 1.54) is 0 Å². The van der Waals surface area contributed by atoms with Gasteiger partial charge >= 0.3 is 0 Å². The number of aromatic nitrogens is 2. The highest BCUT2D eigenvalue weighted by Gasteiger charge is 2.03. The molecular formula is C15H13N3S. The summed E-state index contributed by atoms with van der Waals surface area (Å²) in [6.45, 7) is 2.01. The molecule has 0 unspecified atom stereocenters. The van der Waals surface area contributed by atoms with Crippen LogP contribution in [-0.2, 0) is 0 Å². The van der Waals surface area contributed by atoms with Crippen molar-refractivity contribution in [3.63, 3.8) is 0 Å². The Bertz CT molecular complexity index is 707. The predicted octanol–water partition coefficient (Wildman–Crippen LogP) is 4.06. The Balaban J connectivity index is 1.88. The molecule has 94 valence electrons. The van der Waals surface area contributed by atoms with Gasteiger partial charge in [0, 0.05) is 22.7 Å².